The molecule has 4 heteroatoms. The Kier molecular flexibility index (Phi) is 6.58. The van der Waals surface area contributed by atoms with Crippen molar-refractivity contribution in [3.05, 3.63) is 30.3 Å². The highest BCUT2D eigenvalue weighted by atomic mass is 16.5. The van der Waals surface area contributed by atoms with Gasteiger partial charge in [-0.3, -0.25) is 4.79 Å². The topological polar surface area (TPSA) is 32.8 Å². The number of amides is 1. The number of rotatable bonds is 5. The Labute approximate surface area is 158 Å². The highest BCUT2D eigenvalue weighted by Gasteiger charge is 2.32. The third-order valence-corrected chi connectivity index (χ3v) is 6.14. The molecule has 1 heterocycles. The molecular formula is C22H34N2O2. The first kappa shape index (κ1) is 19.2. The lowest BCUT2D eigenvalue weighted by molar-refractivity contribution is -0.141. The van der Waals surface area contributed by atoms with Gasteiger partial charge in [-0.25, -0.2) is 0 Å². The highest BCUT2D eigenvalue weighted by Crippen LogP contribution is 2.35. The second-order valence-corrected chi connectivity index (χ2v) is 8.38. The summed E-state index contributed by atoms with van der Waals surface area (Å²) in [5, 5.41) is 0. The highest BCUT2D eigenvalue weighted by molar-refractivity contribution is 5.77. The normalized spacial score (nSPS) is 27.0. The molecule has 0 bridgehead atoms. The number of ether oxygens (including phenoxy) is 1. The number of carbonyl (C=O) groups is 1. The van der Waals surface area contributed by atoms with Gasteiger partial charge in [0.05, 0.1) is 6.10 Å². The van der Waals surface area contributed by atoms with Gasteiger partial charge in [-0.1, -0.05) is 45.4 Å². The fourth-order valence-corrected chi connectivity index (χ4v) is 4.43. The quantitative estimate of drug-likeness (QED) is 0.802. The molecule has 1 aliphatic carbocycles. The second kappa shape index (κ2) is 8.90. The predicted molar refractivity (Wildman–Crippen MR) is 106 cm³/mol. The van der Waals surface area contributed by atoms with Crippen LogP contribution in [0.3, 0.4) is 0 Å². The Morgan fingerprint density at radius 1 is 1.12 bits per heavy atom. The Hall–Kier alpha value is -1.55. The number of benzene rings is 1. The molecule has 1 saturated carbocycles. The second-order valence-electron chi connectivity index (χ2n) is 8.38. The molecule has 3 atom stereocenters. The van der Waals surface area contributed by atoms with Crippen LogP contribution in [0.4, 0.5) is 5.69 Å². The molecule has 2 aliphatic rings. The number of para-hydroxylation sites is 1. The lowest BCUT2D eigenvalue weighted by Crippen LogP contribution is -2.50. The first-order valence-corrected chi connectivity index (χ1v) is 10.2. The van der Waals surface area contributed by atoms with Crippen LogP contribution < -0.4 is 4.90 Å². The first-order valence-electron chi connectivity index (χ1n) is 10.2. The molecule has 0 N–H and O–H groups in total. The number of carbonyl (C=O) groups excluding carboxylic acids is 1. The average molecular weight is 359 g/mol. The lowest BCUT2D eigenvalue weighted by Gasteiger charge is -2.38. The van der Waals surface area contributed by atoms with E-state index < -0.39 is 0 Å². The minimum Gasteiger partial charge on any atom is -0.368 e. The largest absolute Gasteiger partial charge is 0.368 e. The number of hydrogen-bond donors (Lipinski definition) is 0. The third-order valence-electron chi connectivity index (χ3n) is 6.14. The van der Waals surface area contributed by atoms with Crippen LogP contribution in [0.25, 0.3) is 0 Å². The molecule has 1 saturated heterocycles. The van der Waals surface area contributed by atoms with Gasteiger partial charge in [0.2, 0.25) is 5.91 Å². The predicted octanol–water partition coefficient (Wildman–Crippen LogP) is 3.81. The van der Waals surface area contributed by atoms with E-state index in [0.717, 1.165) is 32.6 Å². The van der Waals surface area contributed by atoms with Crippen LogP contribution in [0.2, 0.25) is 0 Å². The van der Waals surface area contributed by atoms with E-state index in [0.29, 0.717) is 17.8 Å². The van der Waals surface area contributed by atoms with Crippen LogP contribution in [0.1, 0.15) is 40.0 Å². The van der Waals surface area contributed by atoms with Crippen molar-refractivity contribution in [2.75, 3.05) is 37.7 Å². The molecule has 1 amide bonds. The van der Waals surface area contributed by atoms with Crippen molar-refractivity contribution < 1.29 is 9.53 Å². The van der Waals surface area contributed by atoms with Crippen LogP contribution in [-0.4, -0.2) is 49.7 Å². The molecular weight excluding hydrogens is 324 g/mol. The fourth-order valence-electron chi connectivity index (χ4n) is 4.43. The molecule has 1 aliphatic heterocycles. The van der Waals surface area contributed by atoms with E-state index in [9.17, 15) is 4.79 Å². The van der Waals surface area contributed by atoms with E-state index >= 15 is 0 Å². The van der Waals surface area contributed by atoms with Gasteiger partial charge in [0, 0.05) is 31.9 Å². The first-order chi connectivity index (χ1) is 12.5. The zero-order valence-corrected chi connectivity index (χ0v) is 16.6. The van der Waals surface area contributed by atoms with Gasteiger partial charge >= 0.3 is 0 Å². The molecule has 144 valence electrons. The van der Waals surface area contributed by atoms with Crippen molar-refractivity contribution in [1.82, 2.24) is 4.90 Å². The Morgan fingerprint density at radius 2 is 1.81 bits per heavy atom. The number of nitrogens with zero attached hydrogens (tertiary/aromatic N) is 2. The number of piperazine rings is 1. The van der Waals surface area contributed by atoms with E-state index in [-0.39, 0.29) is 18.6 Å². The molecule has 2 fully saturated rings. The summed E-state index contributed by atoms with van der Waals surface area (Å²) in [5.41, 5.74) is 1.24. The maximum Gasteiger partial charge on any atom is 0.248 e. The fraction of sp³-hybridized carbons (Fsp3) is 0.682. The molecule has 3 unspecified atom stereocenters. The van der Waals surface area contributed by atoms with Gasteiger partial charge < -0.3 is 14.5 Å². The summed E-state index contributed by atoms with van der Waals surface area (Å²) in [6.07, 6.45) is 3.86. The maximum atomic E-state index is 12.6. The zero-order valence-electron chi connectivity index (χ0n) is 16.6. The summed E-state index contributed by atoms with van der Waals surface area (Å²) in [6, 6.07) is 10.4. The molecule has 3 rings (SSSR count). The van der Waals surface area contributed by atoms with Crippen LogP contribution in [0, 0.1) is 17.8 Å². The molecule has 26 heavy (non-hydrogen) atoms. The standard InChI is InChI=1S/C22H34N2O2/c1-17(2)20-10-9-18(3)15-21(20)26-16-22(25)24-13-11-23(12-14-24)19-7-5-4-6-8-19/h4-8,17-18,20-21H,9-16H2,1-3H3. The minimum absolute atomic E-state index is 0.151. The van der Waals surface area contributed by atoms with Crippen molar-refractivity contribution >= 4 is 11.6 Å². The van der Waals surface area contributed by atoms with Gasteiger partial charge in [-0.15, -0.1) is 0 Å². The summed E-state index contributed by atoms with van der Waals surface area (Å²) in [4.78, 5) is 16.9. The molecule has 1 aromatic rings. The number of hydrogen-bond acceptors (Lipinski definition) is 3. The maximum absolute atomic E-state index is 12.6. The van der Waals surface area contributed by atoms with Gasteiger partial charge in [0.25, 0.3) is 0 Å². The molecule has 0 aromatic heterocycles. The zero-order chi connectivity index (χ0) is 18.5. The Bertz CT molecular complexity index is 567. The summed E-state index contributed by atoms with van der Waals surface area (Å²) in [6.45, 7) is 10.5. The number of anilines is 1. The van der Waals surface area contributed by atoms with Crippen molar-refractivity contribution in [3.8, 4) is 0 Å². The van der Waals surface area contributed by atoms with Crippen LogP contribution in [0.15, 0.2) is 30.3 Å². The van der Waals surface area contributed by atoms with Gasteiger partial charge in [0.15, 0.2) is 0 Å². The summed E-state index contributed by atoms with van der Waals surface area (Å²) in [7, 11) is 0. The van der Waals surface area contributed by atoms with Crippen molar-refractivity contribution in [3.63, 3.8) is 0 Å². The molecule has 0 spiro atoms. The summed E-state index contributed by atoms with van der Waals surface area (Å²) >= 11 is 0. The van der Waals surface area contributed by atoms with Crippen molar-refractivity contribution in [2.45, 2.75) is 46.1 Å². The van der Waals surface area contributed by atoms with E-state index in [1.165, 1.54) is 18.5 Å². The van der Waals surface area contributed by atoms with Crippen LogP contribution in [-0.2, 0) is 9.53 Å². The van der Waals surface area contributed by atoms with Crippen LogP contribution in [0.5, 0.6) is 0 Å². The third kappa shape index (κ3) is 4.79. The molecule has 4 nitrogen and oxygen atoms in total. The van der Waals surface area contributed by atoms with E-state index in [4.69, 9.17) is 4.74 Å². The van der Waals surface area contributed by atoms with E-state index in [1.54, 1.807) is 0 Å². The van der Waals surface area contributed by atoms with E-state index in [2.05, 4.69) is 49.9 Å². The van der Waals surface area contributed by atoms with E-state index in [1.807, 2.05) is 11.0 Å². The van der Waals surface area contributed by atoms with Crippen molar-refractivity contribution in [2.24, 2.45) is 17.8 Å². The summed E-state index contributed by atoms with van der Waals surface area (Å²) in [5.74, 6) is 2.07. The Morgan fingerprint density at radius 3 is 2.46 bits per heavy atom. The van der Waals surface area contributed by atoms with Crippen LogP contribution >= 0.6 is 0 Å². The Balaban J connectivity index is 1.47. The monoisotopic (exact) mass is 358 g/mol. The summed E-state index contributed by atoms with van der Waals surface area (Å²) < 4.78 is 6.15. The lowest BCUT2D eigenvalue weighted by atomic mass is 9.75. The van der Waals surface area contributed by atoms with Crippen molar-refractivity contribution in [1.29, 1.82) is 0 Å². The SMILES string of the molecule is CC1CCC(C(C)C)C(OCC(=O)N2CCN(c3ccccc3)CC2)C1. The molecule has 0 radical (unpaired) electrons. The van der Waals surface area contributed by atoms with Gasteiger partial charge in [-0.2, -0.15) is 0 Å². The van der Waals surface area contributed by atoms with Gasteiger partial charge in [-0.05, 0) is 42.7 Å². The average Bonchev–Trinajstić information content (AvgIpc) is 2.66. The smallest absolute Gasteiger partial charge is 0.248 e. The molecule has 1 aromatic carbocycles. The van der Waals surface area contributed by atoms with Gasteiger partial charge in [0.1, 0.15) is 6.61 Å². The minimum atomic E-state index is 0.151.